The van der Waals surface area contributed by atoms with Crippen molar-refractivity contribution >= 4 is 28.7 Å². The smallest absolute Gasteiger partial charge is 0.232 e. The average Bonchev–Trinajstić information content (AvgIpc) is 2.96. The fraction of sp³-hybridized carbons (Fsp3) is 0.0625. The van der Waals surface area contributed by atoms with Crippen molar-refractivity contribution in [1.29, 1.82) is 0 Å². The fourth-order valence-corrected chi connectivity index (χ4v) is 2.79. The van der Waals surface area contributed by atoms with Gasteiger partial charge in [-0.25, -0.2) is 9.97 Å². The van der Waals surface area contributed by atoms with Crippen LogP contribution in [0, 0.1) is 0 Å². The fourth-order valence-electron chi connectivity index (χ4n) is 1.98. The summed E-state index contributed by atoms with van der Waals surface area (Å²) in [6, 6.07) is 12.9. The van der Waals surface area contributed by atoms with Crippen LogP contribution >= 0.6 is 11.3 Å². The van der Waals surface area contributed by atoms with Crippen LogP contribution in [0.25, 0.3) is 11.3 Å². The first-order valence-corrected chi connectivity index (χ1v) is 7.60. The van der Waals surface area contributed by atoms with E-state index >= 15 is 0 Å². The van der Waals surface area contributed by atoms with Crippen LogP contribution in [0.5, 0.6) is 0 Å². The molecule has 0 saturated carbocycles. The molecule has 2 aromatic heterocycles. The molecule has 3 rings (SSSR count). The molecular formula is C16H14N4OS. The van der Waals surface area contributed by atoms with Crippen molar-refractivity contribution in [2.75, 3.05) is 11.1 Å². The molecule has 0 atom stereocenters. The van der Waals surface area contributed by atoms with Crippen molar-refractivity contribution < 1.29 is 4.79 Å². The Morgan fingerprint density at radius 3 is 2.91 bits per heavy atom. The minimum Gasteiger partial charge on any atom is -0.399 e. The predicted octanol–water partition coefficient (Wildman–Crippen LogP) is 2.97. The minimum absolute atomic E-state index is 0.132. The molecule has 2 heterocycles. The maximum Gasteiger partial charge on any atom is 0.232 e. The van der Waals surface area contributed by atoms with Gasteiger partial charge >= 0.3 is 0 Å². The molecule has 0 radical (unpaired) electrons. The van der Waals surface area contributed by atoms with Crippen LogP contribution in [0.1, 0.15) is 5.01 Å². The summed E-state index contributed by atoms with van der Waals surface area (Å²) in [5, 5.41) is 5.43. The SMILES string of the molecule is Nc1cccc(-c2csc(CC(=O)Nc3ccccn3)n2)c1. The summed E-state index contributed by atoms with van der Waals surface area (Å²) in [5.74, 6) is 0.410. The van der Waals surface area contributed by atoms with Gasteiger partial charge in [-0.2, -0.15) is 0 Å². The van der Waals surface area contributed by atoms with Gasteiger partial charge in [-0.15, -0.1) is 11.3 Å². The summed E-state index contributed by atoms with van der Waals surface area (Å²) in [5.41, 5.74) is 8.25. The zero-order valence-corrected chi connectivity index (χ0v) is 12.5. The molecule has 0 aliphatic heterocycles. The first-order valence-electron chi connectivity index (χ1n) is 6.72. The highest BCUT2D eigenvalue weighted by atomic mass is 32.1. The summed E-state index contributed by atoms with van der Waals surface area (Å²) >= 11 is 1.46. The van der Waals surface area contributed by atoms with Crippen LogP contribution < -0.4 is 11.1 Å². The summed E-state index contributed by atoms with van der Waals surface area (Å²) in [6.07, 6.45) is 1.86. The second-order valence-corrected chi connectivity index (χ2v) is 5.63. The average molecular weight is 310 g/mol. The van der Waals surface area contributed by atoms with Crippen molar-refractivity contribution in [2.24, 2.45) is 0 Å². The van der Waals surface area contributed by atoms with Crippen LogP contribution in [0.3, 0.4) is 0 Å². The van der Waals surface area contributed by atoms with Gasteiger partial charge in [0, 0.05) is 22.8 Å². The third-order valence-corrected chi connectivity index (χ3v) is 3.83. The number of nitrogens with one attached hydrogen (secondary N) is 1. The first-order chi connectivity index (χ1) is 10.7. The minimum atomic E-state index is -0.132. The number of thiazole rings is 1. The van der Waals surface area contributed by atoms with E-state index in [9.17, 15) is 4.79 Å². The molecule has 0 aliphatic carbocycles. The van der Waals surface area contributed by atoms with Crippen LogP contribution in [0.15, 0.2) is 54.0 Å². The quantitative estimate of drug-likeness (QED) is 0.726. The zero-order chi connectivity index (χ0) is 15.4. The van der Waals surface area contributed by atoms with Crippen molar-refractivity contribution in [3.8, 4) is 11.3 Å². The Kier molecular flexibility index (Phi) is 4.11. The molecule has 22 heavy (non-hydrogen) atoms. The van der Waals surface area contributed by atoms with E-state index in [0.717, 1.165) is 16.3 Å². The largest absolute Gasteiger partial charge is 0.399 e. The molecule has 0 aliphatic rings. The Balaban J connectivity index is 1.68. The number of aromatic nitrogens is 2. The number of anilines is 2. The molecule has 0 saturated heterocycles. The normalized spacial score (nSPS) is 10.4. The van der Waals surface area contributed by atoms with Crippen LogP contribution in [-0.4, -0.2) is 15.9 Å². The highest BCUT2D eigenvalue weighted by Crippen LogP contribution is 2.23. The van der Waals surface area contributed by atoms with Gasteiger partial charge in [0.2, 0.25) is 5.91 Å². The lowest BCUT2D eigenvalue weighted by atomic mass is 10.1. The van der Waals surface area contributed by atoms with E-state index in [4.69, 9.17) is 5.73 Å². The first kappa shape index (κ1) is 14.2. The Labute approximate surface area is 131 Å². The summed E-state index contributed by atoms with van der Waals surface area (Å²) in [7, 11) is 0. The van der Waals surface area contributed by atoms with Gasteiger partial charge in [0.25, 0.3) is 0 Å². The van der Waals surface area contributed by atoms with Crippen LogP contribution in [-0.2, 0) is 11.2 Å². The monoisotopic (exact) mass is 310 g/mol. The van der Waals surface area contributed by atoms with E-state index in [1.165, 1.54) is 11.3 Å². The predicted molar refractivity (Wildman–Crippen MR) is 88.5 cm³/mol. The molecular weight excluding hydrogens is 296 g/mol. The van der Waals surface area contributed by atoms with Gasteiger partial charge in [0.05, 0.1) is 12.1 Å². The number of carbonyl (C=O) groups is 1. The number of benzene rings is 1. The summed E-state index contributed by atoms with van der Waals surface area (Å²) in [6.45, 7) is 0. The highest BCUT2D eigenvalue weighted by molar-refractivity contribution is 7.10. The molecule has 6 heteroatoms. The Hall–Kier alpha value is -2.73. The van der Waals surface area contributed by atoms with Gasteiger partial charge in [0.15, 0.2) is 0 Å². The molecule has 1 aromatic carbocycles. The van der Waals surface area contributed by atoms with E-state index in [0.29, 0.717) is 11.5 Å². The number of nitrogen functional groups attached to an aromatic ring is 1. The number of nitrogens with two attached hydrogens (primary N) is 1. The van der Waals surface area contributed by atoms with Gasteiger partial charge in [0.1, 0.15) is 10.8 Å². The number of pyridine rings is 1. The highest BCUT2D eigenvalue weighted by Gasteiger charge is 2.10. The van der Waals surface area contributed by atoms with Gasteiger partial charge in [-0.3, -0.25) is 4.79 Å². The molecule has 0 fully saturated rings. The number of hydrogen-bond acceptors (Lipinski definition) is 5. The summed E-state index contributed by atoms with van der Waals surface area (Å²) in [4.78, 5) is 20.5. The molecule has 0 spiro atoms. The lowest BCUT2D eigenvalue weighted by molar-refractivity contribution is -0.115. The molecule has 0 bridgehead atoms. The van der Waals surface area contributed by atoms with Gasteiger partial charge in [-0.1, -0.05) is 18.2 Å². The number of carbonyl (C=O) groups excluding carboxylic acids is 1. The zero-order valence-electron chi connectivity index (χ0n) is 11.7. The Morgan fingerprint density at radius 1 is 1.23 bits per heavy atom. The number of nitrogens with zero attached hydrogens (tertiary/aromatic N) is 2. The third kappa shape index (κ3) is 3.48. The van der Waals surface area contributed by atoms with Crippen LogP contribution in [0.4, 0.5) is 11.5 Å². The second kappa shape index (κ2) is 6.36. The van der Waals surface area contributed by atoms with E-state index in [1.54, 1.807) is 18.3 Å². The second-order valence-electron chi connectivity index (χ2n) is 4.69. The third-order valence-electron chi connectivity index (χ3n) is 2.98. The molecule has 0 unspecified atom stereocenters. The maximum absolute atomic E-state index is 12.0. The van der Waals surface area contributed by atoms with E-state index in [1.807, 2.05) is 35.7 Å². The molecule has 1 amide bonds. The molecule has 110 valence electrons. The van der Waals surface area contributed by atoms with Crippen molar-refractivity contribution in [1.82, 2.24) is 9.97 Å². The Bertz CT molecular complexity index is 786. The van der Waals surface area contributed by atoms with E-state index < -0.39 is 0 Å². The molecule has 5 nitrogen and oxygen atoms in total. The maximum atomic E-state index is 12.0. The molecule has 3 aromatic rings. The number of hydrogen-bond donors (Lipinski definition) is 2. The van der Waals surface area contributed by atoms with Gasteiger partial charge in [-0.05, 0) is 24.3 Å². The topological polar surface area (TPSA) is 80.9 Å². The van der Waals surface area contributed by atoms with Gasteiger partial charge < -0.3 is 11.1 Å². The standard InChI is InChI=1S/C16H14N4OS/c17-12-5-3-4-11(8-12)13-10-22-16(19-13)9-15(21)20-14-6-1-2-7-18-14/h1-8,10H,9,17H2,(H,18,20,21). The number of amides is 1. The van der Waals surface area contributed by atoms with Crippen molar-refractivity contribution in [3.05, 3.63) is 59.0 Å². The van der Waals surface area contributed by atoms with E-state index in [-0.39, 0.29) is 12.3 Å². The Morgan fingerprint density at radius 2 is 2.14 bits per heavy atom. The summed E-state index contributed by atoms with van der Waals surface area (Å²) < 4.78 is 0. The van der Waals surface area contributed by atoms with E-state index in [2.05, 4.69) is 15.3 Å². The van der Waals surface area contributed by atoms with Crippen molar-refractivity contribution in [3.63, 3.8) is 0 Å². The van der Waals surface area contributed by atoms with Crippen LogP contribution in [0.2, 0.25) is 0 Å². The van der Waals surface area contributed by atoms with Crippen molar-refractivity contribution in [2.45, 2.75) is 6.42 Å². The lowest BCUT2D eigenvalue weighted by Gasteiger charge is -2.02. The lowest BCUT2D eigenvalue weighted by Crippen LogP contribution is -2.15. The molecule has 3 N–H and O–H groups in total. The number of rotatable bonds is 4.